The van der Waals surface area contributed by atoms with E-state index >= 15 is 0 Å². The van der Waals surface area contributed by atoms with Crippen molar-refractivity contribution in [1.29, 1.82) is 0 Å². The summed E-state index contributed by atoms with van der Waals surface area (Å²) >= 11 is 4.89. The zero-order valence-electron chi connectivity index (χ0n) is 10.6. The van der Waals surface area contributed by atoms with Crippen molar-refractivity contribution in [1.82, 2.24) is 9.97 Å². The van der Waals surface area contributed by atoms with Gasteiger partial charge in [-0.2, -0.15) is 0 Å². The summed E-state index contributed by atoms with van der Waals surface area (Å²) in [6.07, 6.45) is 0.271. The lowest BCUT2D eigenvalue weighted by Crippen LogP contribution is -2.25. The standard InChI is InChI=1S/C11H16N4O2S/c1-7-6-8(10(12)18)14-11(13-7)15(2)5-4-9(16)17-3/h6H,4-5H2,1-3H3,(H2,12,18). The van der Waals surface area contributed by atoms with E-state index in [0.29, 0.717) is 18.2 Å². The summed E-state index contributed by atoms with van der Waals surface area (Å²) in [5.74, 6) is 0.214. The van der Waals surface area contributed by atoms with Crippen molar-refractivity contribution in [3.63, 3.8) is 0 Å². The maximum atomic E-state index is 11.1. The summed E-state index contributed by atoms with van der Waals surface area (Å²) in [6.45, 7) is 2.30. The van der Waals surface area contributed by atoms with E-state index < -0.39 is 0 Å². The van der Waals surface area contributed by atoms with Crippen molar-refractivity contribution in [2.24, 2.45) is 5.73 Å². The first-order chi connectivity index (χ1) is 8.43. The van der Waals surface area contributed by atoms with Crippen molar-refractivity contribution in [2.75, 3.05) is 25.6 Å². The zero-order chi connectivity index (χ0) is 13.7. The fraction of sp³-hybridized carbons (Fsp3) is 0.455. The van der Waals surface area contributed by atoms with Crippen LogP contribution in [-0.2, 0) is 9.53 Å². The van der Waals surface area contributed by atoms with Crippen LogP contribution < -0.4 is 10.6 Å². The Hall–Kier alpha value is -1.76. The lowest BCUT2D eigenvalue weighted by atomic mass is 10.3. The predicted octanol–water partition coefficient (Wildman–Crippen LogP) is 0.419. The van der Waals surface area contributed by atoms with E-state index in [4.69, 9.17) is 18.0 Å². The summed E-state index contributed by atoms with van der Waals surface area (Å²) < 4.78 is 4.57. The second-order valence-electron chi connectivity index (χ2n) is 3.81. The number of rotatable bonds is 5. The van der Waals surface area contributed by atoms with Gasteiger partial charge >= 0.3 is 5.97 Å². The summed E-state index contributed by atoms with van der Waals surface area (Å²) in [5, 5.41) is 0. The van der Waals surface area contributed by atoms with E-state index in [1.807, 2.05) is 6.92 Å². The van der Waals surface area contributed by atoms with Crippen LogP contribution in [0.25, 0.3) is 0 Å². The Bertz CT molecular complexity index is 464. The highest BCUT2D eigenvalue weighted by atomic mass is 32.1. The van der Waals surface area contributed by atoms with Crippen molar-refractivity contribution in [3.05, 3.63) is 17.5 Å². The molecule has 0 saturated heterocycles. The number of aromatic nitrogens is 2. The highest BCUT2D eigenvalue weighted by molar-refractivity contribution is 7.80. The molecule has 0 amide bonds. The molecule has 0 radical (unpaired) electrons. The number of carbonyl (C=O) groups excluding carboxylic acids is 1. The minimum absolute atomic E-state index is 0.225. The molecule has 0 aliphatic carbocycles. The maximum absolute atomic E-state index is 11.1. The molecule has 0 aliphatic rings. The second kappa shape index (κ2) is 6.25. The summed E-state index contributed by atoms with van der Waals surface area (Å²) in [4.78, 5) is 21.5. The van der Waals surface area contributed by atoms with Crippen LogP contribution in [0.15, 0.2) is 6.07 Å². The van der Waals surface area contributed by atoms with E-state index in [2.05, 4.69) is 14.7 Å². The first-order valence-corrected chi connectivity index (χ1v) is 5.78. The minimum atomic E-state index is -0.274. The molecule has 0 saturated carbocycles. The molecule has 1 heterocycles. The molecule has 0 spiro atoms. The van der Waals surface area contributed by atoms with Crippen LogP contribution in [0.4, 0.5) is 5.95 Å². The van der Waals surface area contributed by atoms with Crippen LogP contribution in [0.2, 0.25) is 0 Å². The van der Waals surface area contributed by atoms with Gasteiger partial charge in [0.25, 0.3) is 0 Å². The molecule has 6 nitrogen and oxygen atoms in total. The topological polar surface area (TPSA) is 81.3 Å². The number of thiocarbonyl (C=S) groups is 1. The molecule has 1 aromatic heterocycles. The van der Waals surface area contributed by atoms with Crippen molar-refractivity contribution in [2.45, 2.75) is 13.3 Å². The van der Waals surface area contributed by atoms with Gasteiger partial charge < -0.3 is 15.4 Å². The monoisotopic (exact) mass is 268 g/mol. The molecule has 18 heavy (non-hydrogen) atoms. The number of carbonyl (C=O) groups is 1. The van der Waals surface area contributed by atoms with Crippen LogP contribution >= 0.6 is 12.2 Å². The average molecular weight is 268 g/mol. The van der Waals surface area contributed by atoms with Gasteiger partial charge in [-0.15, -0.1) is 0 Å². The van der Waals surface area contributed by atoms with Gasteiger partial charge in [0.15, 0.2) is 0 Å². The number of methoxy groups -OCH3 is 1. The Morgan fingerprint density at radius 1 is 1.56 bits per heavy atom. The van der Waals surface area contributed by atoms with Crippen LogP contribution in [0.5, 0.6) is 0 Å². The first kappa shape index (κ1) is 14.3. The number of ether oxygens (including phenoxy) is 1. The summed E-state index contributed by atoms with van der Waals surface area (Å²) in [5.41, 5.74) is 6.84. The number of hydrogen-bond donors (Lipinski definition) is 1. The van der Waals surface area contributed by atoms with Gasteiger partial charge in [0.2, 0.25) is 5.95 Å². The number of nitrogens with zero attached hydrogens (tertiary/aromatic N) is 3. The predicted molar refractivity (Wildman–Crippen MR) is 72.6 cm³/mol. The van der Waals surface area contributed by atoms with Gasteiger partial charge in [0, 0.05) is 19.3 Å². The van der Waals surface area contributed by atoms with E-state index in [9.17, 15) is 4.79 Å². The molecule has 1 rings (SSSR count). The number of nitrogens with two attached hydrogens (primary N) is 1. The van der Waals surface area contributed by atoms with Gasteiger partial charge in [-0.05, 0) is 13.0 Å². The summed E-state index contributed by atoms with van der Waals surface area (Å²) in [7, 11) is 3.15. The molecule has 1 aromatic rings. The molecule has 0 fully saturated rings. The van der Waals surface area contributed by atoms with Crippen molar-refractivity contribution < 1.29 is 9.53 Å². The highest BCUT2D eigenvalue weighted by Crippen LogP contribution is 2.09. The number of esters is 1. The van der Waals surface area contributed by atoms with Gasteiger partial charge in [-0.1, -0.05) is 12.2 Å². The van der Waals surface area contributed by atoms with E-state index in [1.54, 1.807) is 18.0 Å². The molecule has 0 bridgehead atoms. The molecular weight excluding hydrogens is 252 g/mol. The average Bonchev–Trinajstić information content (AvgIpc) is 2.34. The van der Waals surface area contributed by atoms with E-state index in [-0.39, 0.29) is 17.4 Å². The Kier molecular flexibility index (Phi) is 4.96. The van der Waals surface area contributed by atoms with Crippen molar-refractivity contribution in [3.8, 4) is 0 Å². The molecule has 2 N–H and O–H groups in total. The van der Waals surface area contributed by atoms with Crippen molar-refractivity contribution >= 4 is 29.1 Å². The van der Waals surface area contributed by atoms with Gasteiger partial charge in [0.1, 0.15) is 10.7 Å². The first-order valence-electron chi connectivity index (χ1n) is 5.37. The molecule has 0 atom stereocenters. The maximum Gasteiger partial charge on any atom is 0.307 e. The second-order valence-corrected chi connectivity index (χ2v) is 4.25. The van der Waals surface area contributed by atoms with Crippen LogP contribution in [-0.4, -0.2) is 41.6 Å². The van der Waals surface area contributed by atoms with Gasteiger partial charge in [0.05, 0.1) is 13.5 Å². The van der Waals surface area contributed by atoms with Gasteiger partial charge in [-0.3, -0.25) is 4.79 Å². The molecule has 0 aliphatic heterocycles. The number of hydrogen-bond acceptors (Lipinski definition) is 6. The quantitative estimate of drug-likeness (QED) is 0.612. The van der Waals surface area contributed by atoms with Crippen LogP contribution in [0, 0.1) is 6.92 Å². The summed E-state index contributed by atoms with van der Waals surface area (Å²) in [6, 6.07) is 1.72. The van der Waals surface area contributed by atoms with E-state index in [1.165, 1.54) is 7.11 Å². The zero-order valence-corrected chi connectivity index (χ0v) is 11.5. The third-order valence-corrected chi connectivity index (χ3v) is 2.52. The Labute approximate surface area is 111 Å². The smallest absolute Gasteiger partial charge is 0.307 e. The third kappa shape index (κ3) is 3.92. The lowest BCUT2D eigenvalue weighted by Gasteiger charge is -2.17. The highest BCUT2D eigenvalue weighted by Gasteiger charge is 2.10. The molecule has 0 unspecified atom stereocenters. The fourth-order valence-corrected chi connectivity index (χ4v) is 1.42. The minimum Gasteiger partial charge on any atom is -0.469 e. The van der Waals surface area contributed by atoms with Crippen LogP contribution in [0.1, 0.15) is 17.8 Å². The molecule has 0 aromatic carbocycles. The largest absolute Gasteiger partial charge is 0.469 e. The molecule has 98 valence electrons. The fourth-order valence-electron chi connectivity index (χ4n) is 1.31. The van der Waals surface area contributed by atoms with Crippen LogP contribution in [0.3, 0.4) is 0 Å². The Morgan fingerprint density at radius 3 is 2.78 bits per heavy atom. The van der Waals surface area contributed by atoms with E-state index in [0.717, 1.165) is 5.69 Å². The third-order valence-electron chi connectivity index (χ3n) is 2.32. The Morgan fingerprint density at radius 2 is 2.22 bits per heavy atom. The lowest BCUT2D eigenvalue weighted by molar-refractivity contribution is -0.140. The molecule has 7 heteroatoms. The Balaban J connectivity index is 2.82. The molecular formula is C11H16N4O2S. The number of anilines is 1. The number of aryl methyl sites for hydroxylation is 1. The SMILES string of the molecule is COC(=O)CCN(C)c1nc(C)cc(C(N)=S)n1. The normalized spacial score (nSPS) is 9.94. The van der Waals surface area contributed by atoms with Gasteiger partial charge in [-0.25, -0.2) is 9.97 Å².